The number of thiazole rings is 1. The minimum Gasteiger partial charge on any atom is -0.484 e. The third kappa shape index (κ3) is 4.32. The fraction of sp³-hybridized carbons (Fsp3) is 0.474. The van der Waals surface area contributed by atoms with E-state index in [2.05, 4.69) is 4.98 Å². The first kappa shape index (κ1) is 18.4. The predicted octanol–water partition coefficient (Wildman–Crippen LogP) is 2.68. The Hall–Kier alpha value is -1.93. The van der Waals surface area contributed by atoms with Gasteiger partial charge in [0.05, 0.1) is 11.5 Å². The molecule has 0 N–H and O–H groups in total. The minimum absolute atomic E-state index is 0.0667. The maximum absolute atomic E-state index is 12.7. The van der Waals surface area contributed by atoms with E-state index < -0.39 is 9.84 Å². The van der Waals surface area contributed by atoms with Crippen LogP contribution >= 0.6 is 11.3 Å². The Morgan fingerprint density at radius 3 is 2.52 bits per heavy atom. The SMILES string of the molecule is Cc1csc(-c2ccc(OCC(=O)N(C3CC3)[C@H]3CCS(=O)(=O)C3)cc2)n1. The van der Waals surface area contributed by atoms with Gasteiger partial charge >= 0.3 is 0 Å². The fourth-order valence-electron chi connectivity index (χ4n) is 3.45. The third-order valence-electron chi connectivity index (χ3n) is 4.91. The van der Waals surface area contributed by atoms with Crippen LogP contribution in [0.3, 0.4) is 0 Å². The van der Waals surface area contributed by atoms with E-state index in [0.717, 1.165) is 29.1 Å². The lowest BCUT2D eigenvalue weighted by molar-refractivity contribution is -0.135. The number of hydrogen-bond acceptors (Lipinski definition) is 6. The molecule has 1 atom stereocenters. The molecule has 6 nitrogen and oxygen atoms in total. The monoisotopic (exact) mass is 406 g/mol. The van der Waals surface area contributed by atoms with Gasteiger partial charge in [0.15, 0.2) is 16.4 Å². The molecule has 1 aromatic heterocycles. The Morgan fingerprint density at radius 1 is 1.22 bits per heavy atom. The third-order valence-corrected chi connectivity index (χ3v) is 7.67. The summed E-state index contributed by atoms with van der Waals surface area (Å²) in [4.78, 5) is 18.9. The molecule has 144 valence electrons. The van der Waals surface area contributed by atoms with Crippen LogP contribution in [-0.4, -0.2) is 54.4 Å². The summed E-state index contributed by atoms with van der Waals surface area (Å²) in [5.74, 6) is 0.749. The maximum atomic E-state index is 12.7. The van der Waals surface area contributed by atoms with E-state index >= 15 is 0 Å². The summed E-state index contributed by atoms with van der Waals surface area (Å²) in [6.45, 7) is 1.90. The molecule has 0 unspecified atom stereocenters. The van der Waals surface area contributed by atoms with Crippen LogP contribution in [-0.2, 0) is 14.6 Å². The van der Waals surface area contributed by atoms with Gasteiger partial charge in [0.2, 0.25) is 0 Å². The van der Waals surface area contributed by atoms with Crippen molar-refractivity contribution >= 4 is 27.1 Å². The highest BCUT2D eigenvalue weighted by molar-refractivity contribution is 7.91. The smallest absolute Gasteiger partial charge is 0.261 e. The van der Waals surface area contributed by atoms with Gasteiger partial charge in [0.1, 0.15) is 10.8 Å². The molecule has 2 heterocycles. The molecule has 2 fully saturated rings. The zero-order valence-corrected chi connectivity index (χ0v) is 16.8. The van der Waals surface area contributed by atoms with Gasteiger partial charge in [0, 0.05) is 28.7 Å². The standard InChI is InChI=1S/C19H22N2O4S2/c1-13-11-26-19(20-13)14-2-6-17(7-3-14)25-10-18(22)21(15-4-5-15)16-8-9-27(23,24)12-16/h2-3,6-7,11,15-16H,4-5,8-10,12H2,1H3/t16-/m0/s1. The number of carbonyl (C=O) groups is 1. The summed E-state index contributed by atoms with van der Waals surface area (Å²) in [7, 11) is -3.02. The number of rotatable bonds is 6. The first-order valence-corrected chi connectivity index (χ1v) is 11.8. The van der Waals surface area contributed by atoms with Gasteiger partial charge in [-0.3, -0.25) is 4.79 Å². The summed E-state index contributed by atoms with van der Waals surface area (Å²) in [6.07, 6.45) is 2.43. The normalized spacial score (nSPS) is 21.1. The van der Waals surface area contributed by atoms with Crippen molar-refractivity contribution in [2.24, 2.45) is 0 Å². The first-order valence-electron chi connectivity index (χ1n) is 9.08. The minimum atomic E-state index is -3.02. The van der Waals surface area contributed by atoms with E-state index in [1.165, 1.54) is 0 Å². The van der Waals surface area contributed by atoms with E-state index in [4.69, 9.17) is 4.74 Å². The Labute approximate surface area is 163 Å². The van der Waals surface area contributed by atoms with Crippen molar-refractivity contribution in [3.63, 3.8) is 0 Å². The highest BCUT2D eigenvalue weighted by Crippen LogP contribution is 2.32. The summed E-state index contributed by atoms with van der Waals surface area (Å²) < 4.78 is 29.2. The van der Waals surface area contributed by atoms with E-state index in [9.17, 15) is 13.2 Å². The van der Waals surface area contributed by atoms with Crippen LogP contribution in [0.1, 0.15) is 25.0 Å². The molecule has 1 saturated heterocycles. The number of sulfone groups is 1. The summed E-state index contributed by atoms with van der Waals surface area (Å²) >= 11 is 1.59. The molecule has 0 radical (unpaired) electrons. The second kappa shape index (κ2) is 7.24. The number of hydrogen-bond donors (Lipinski definition) is 0. The Bertz CT molecular complexity index is 933. The summed E-state index contributed by atoms with van der Waals surface area (Å²) in [6, 6.07) is 7.51. The quantitative estimate of drug-likeness (QED) is 0.737. The lowest BCUT2D eigenvalue weighted by Crippen LogP contribution is -2.45. The zero-order chi connectivity index (χ0) is 19.0. The lowest BCUT2D eigenvalue weighted by atomic mass is 10.2. The van der Waals surface area contributed by atoms with Gasteiger partial charge in [-0.25, -0.2) is 13.4 Å². The number of nitrogens with zero attached hydrogens (tertiary/aromatic N) is 2. The molecular formula is C19H22N2O4S2. The van der Waals surface area contributed by atoms with Crippen molar-refractivity contribution in [3.05, 3.63) is 35.3 Å². The van der Waals surface area contributed by atoms with Crippen molar-refractivity contribution < 1.29 is 17.9 Å². The van der Waals surface area contributed by atoms with Crippen molar-refractivity contribution in [3.8, 4) is 16.3 Å². The van der Waals surface area contributed by atoms with E-state index in [1.807, 2.05) is 36.6 Å². The second-order valence-corrected chi connectivity index (χ2v) is 10.3. The van der Waals surface area contributed by atoms with Gasteiger partial charge in [0.25, 0.3) is 5.91 Å². The molecule has 1 amide bonds. The van der Waals surface area contributed by atoms with Gasteiger partial charge in [-0.05, 0) is 50.5 Å². The summed E-state index contributed by atoms with van der Waals surface area (Å²) in [5, 5.41) is 2.96. The molecule has 1 aliphatic carbocycles. The Balaban J connectivity index is 1.38. The van der Waals surface area contributed by atoms with Gasteiger partial charge in [-0.15, -0.1) is 11.3 Å². The molecule has 4 rings (SSSR count). The number of benzene rings is 1. The number of carbonyl (C=O) groups excluding carboxylic acids is 1. The average Bonchev–Trinajstić information content (AvgIpc) is 3.27. The Kier molecular flexibility index (Phi) is 4.94. The number of amides is 1. The van der Waals surface area contributed by atoms with Crippen LogP contribution in [0.25, 0.3) is 10.6 Å². The van der Waals surface area contributed by atoms with E-state index in [1.54, 1.807) is 16.2 Å². The molecule has 27 heavy (non-hydrogen) atoms. The zero-order valence-electron chi connectivity index (χ0n) is 15.1. The molecule has 8 heteroatoms. The molecule has 0 spiro atoms. The number of ether oxygens (including phenoxy) is 1. The molecule has 1 aliphatic heterocycles. The van der Waals surface area contributed by atoms with E-state index in [0.29, 0.717) is 12.2 Å². The highest BCUT2D eigenvalue weighted by Gasteiger charge is 2.42. The topological polar surface area (TPSA) is 76.6 Å². The van der Waals surface area contributed by atoms with Gasteiger partial charge < -0.3 is 9.64 Å². The molecule has 0 bridgehead atoms. The van der Waals surface area contributed by atoms with Crippen LogP contribution < -0.4 is 4.74 Å². The van der Waals surface area contributed by atoms with Crippen LogP contribution in [0.4, 0.5) is 0 Å². The summed E-state index contributed by atoms with van der Waals surface area (Å²) in [5.41, 5.74) is 2.01. The highest BCUT2D eigenvalue weighted by atomic mass is 32.2. The molecule has 2 aliphatic rings. The first-order chi connectivity index (χ1) is 12.9. The van der Waals surface area contributed by atoms with Crippen molar-refractivity contribution in [1.82, 2.24) is 9.88 Å². The Morgan fingerprint density at radius 2 is 1.96 bits per heavy atom. The van der Waals surface area contributed by atoms with Gasteiger partial charge in [-0.1, -0.05) is 0 Å². The molecule has 2 aromatic rings. The second-order valence-electron chi connectivity index (χ2n) is 7.20. The molecule has 1 saturated carbocycles. The predicted molar refractivity (Wildman–Crippen MR) is 105 cm³/mol. The van der Waals surface area contributed by atoms with Crippen molar-refractivity contribution in [1.29, 1.82) is 0 Å². The number of aryl methyl sites for hydroxylation is 1. The van der Waals surface area contributed by atoms with Crippen LogP contribution in [0.5, 0.6) is 5.75 Å². The fourth-order valence-corrected chi connectivity index (χ4v) is 5.97. The molecule has 1 aromatic carbocycles. The number of aromatic nitrogens is 1. The van der Waals surface area contributed by atoms with Gasteiger partial charge in [-0.2, -0.15) is 0 Å². The van der Waals surface area contributed by atoms with E-state index in [-0.39, 0.29) is 36.1 Å². The van der Waals surface area contributed by atoms with Crippen LogP contribution in [0, 0.1) is 6.92 Å². The van der Waals surface area contributed by atoms with Crippen LogP contribution in [0.2, 0.25) is 0 Å². The van der Waals surface area contributed by atoms with Crippen LogP contribution in [0.15, 0.2) is 29.6 Å². The van der Waals surface area contributed by atoms with Crippen molar-refractivity contribution in [2.75, 3.05) is 18.1 Å². The largest absolute Gasteiger partial charge is 0.484 e. The average molecular weight is 407 g/mol. The maximum Gasteiger partial charge on any atom is 0.261 e. The van der Waals surface area contributed by atoms with Crippen molar-refractivity contribution in [2.45, 2.75) is 38.3 Å². The molecular weight excluding hydrogens is 384 g/mol. The lowest BCUT2D eigenvalue weighted by Gasteiger charge is -2.28.